The van der Waals surface area contributed by atoms with Crippen LogP contribution in [0.4, 0.5) is 26.0 Å². The van der Waals surface area contributed by atoms with Gasteiger partial charge in [-0.15, -0.1) is 0 Å². The standard InChI is InChI=1S/C24H30F2N6O2/c1-15-14-24(25,26)23(31-17(15)6-7-19(27)33)22(34)21-18(5-4-9-29-21)30-20-13-16(8-10-28-20)32-11-2-3-12-32/h4-5,8-10,13,15,17,23,31H,2-3,6-7,11-12,14H2,1H3,(H2,27,33)(H,28,30). The quantitative estimate of drug-likeness (QED) is 0.506. The SMILES string of the molecule is CC1CC(F)(F)C(C(=O)c2ncccc2Nc2cc(N3CCCC3)ccn2)NC1CCC(N)=O. The summed E-state index contributed by atoms with van der Waals surface area (Å²) in [6.45, 7) is 3.62. The maximum absolute atomic E-state index is 15.0. The fraction of sp³-hybridized carbons (Fsp3) is 0.500. The Kier molecular flexibility index (Phi) is 7.06. The summed E-state index contributed by atoms with van der Waals surface area (Å²) in [5.41, 5.74) is 6.46. The molecule has 2 aromatic heterocycles. The zero-order chi connectivity index (χ0) is 24.3. The minimum atomic E-state index is -3.26. The van der Waals surface area contributed by atoms with E-state index in [1.165, 1.54) is 6.20 Å². The average molecular weight is 473 g/mol. The highest BCUT2D eigenvalue weighted by Gasteiger charge is 2.51. The molecular weight excluding hydrogens is 442 g/mol. The average Bonchev–Trinajstić information content (AvgIpc) is 3.33. The van der Waals surface area contributed by atoms with Crippen LogP contribution in [-0.4, -0.2) is 52.8 Å². The lowest BCUT2D eigenvalue weighted by molar-refractivity contribution is -0.118. The number of anilines is 3. The monoisotopic (exact) mass is 472 g/mol. The topological polar surface area (TPSA) is 113 Å². The third-order valence-corrected chi connectivity index (χ3v) is 6.57. The zero-order valence-corrected chi connectivity index (χ0v) is 19.1. The van der Waals surface area contributed by atoms with Crippen LogP contribution in [0, 0.1) is 5.92 Å². The van der Waals surface area contributed by atoms with Crippen LogP contribution in [0.2, 0.25) is 0 Å². The van der Waals surface area contributed by atoms with Gasteiger partial charge in [-0.3, -0.25) is 19.9 Å². The highest BCUT2D eigenvalue weighted by Crippen LogP contribution is 2.37. The number of alkyl halides is 2. The van der Waals surface area contributed by atoms with Crippen molar-refractivity contribution in [3.05, 3.63) is 42.4 Å². The van der Waals surface area contributed by atoms with Crippen molar-refractivity contribution in [1.29, 1.82) is 0 Å². The van der Waals surface area contributed by atoms with Gasteiger partial charge in [-0.25, -0.2) is 13.8 Å². The van der Waals surface area contributed by atoms with E-state index in [0.29, 0.717) is 11.5 Å². The Hall–Kier alpha value is -3.14. The Morgan fingerprint density at radius 1 is 1.24 bits per heavy atom. The minimum Gasteiger partial charge on any atom is -0.371 e. The van der Waals surface area contributed by atoms with Crippen LogP contribution < -0.4 is 21.3 Å². The van der Waals surface area contributed by atoms with Crippen molar-refractivity contribution in [3.8, 4) is 0 Å². The molecule has 4 N–H and O–H groups in total. The van der Waals surface area contributed by atoms with Gasteiger partial charge in [-0.05, 0) is 43.4 Å². The first-order valence-electron chi connectivity index (χ1n) is 11.6. The normalized spacial score (nSPS) is 24.1. The maximum atomic E-state index is 15.0. The number of nitrogens with zero attached hydrogens (tertiary/aromatic N) is 3. The number of Topliss-reactive ketones (excluding diaryl/α,β-unsaturated/α-hetero) is 1. The Bertz CT molecular complexity index is 1040. The second-order valence-corrected chi connectivity index (χ2v) is 9.14. The van der Waals surface area contributed by atoms with E-state index in [1.807, 2.05) is 12.1 Å². The van der Waals surface area contributed by atoms with Gasteiger partial charge in [0.15, 0.2) is 0 Å². The molecule has 0 saturated carbocycles. The number of rotatable bonds is 8. The molecule has 8 nitrogen and oxygen atoms in total. The fourth-order valence-corrected chi connectivity index (χ4v) is 4.76. The van der Waals surface area contributed by atoms with Gasteiger partial charge in [0.1, 0.15) is 17.6 Å². The van der Waals surface area contributed by atoms with Crippen LogP contribution in [0.5, 0.6) is 0 Å². The Morgan fingerprint density at radius 2 is 2.00 bits per heavy atom. The van der Waals surface area contributed by atoms with E-state index in [0.717, 1.165) is 31.6 Å². The van der Waals surface area contributed by atoms with E-state index < -0.39 is 42.0 Å². The minimum absolute atomic E-state index is 0.0594. The van der Waals surface area contributed by atoms with Crippen LogP contribution in [-0.2, 0) is 4.79 Å². The summed E-state index contributed by atoms with van der Waals surface area (Å²) in [5, 5.41) is 5.88. The van der Waals surface area contributed by atoms with Crippen molar-refractivity contribution in [2.75, 3.05) is 23.3 Å². The molecule has 0 spiro atoms. The van der Waals surface area contributed by atoms with Crippen LogP contribution in [0.3, 0.4) is 0 Å². The molecule has 10 heteroatoms. The predicted molar refractivity (Wildman–Crippen MR) is 125 cm³/mol. The highest BCUT2D eigenvalue weighted by atomic mass is 19.3. The molecule has 4 rings (SSSR count). The molecule has 1 amide bonds. The van der Waals surface area contributed by atoms with Gasteiger partial charge in [0.25, 0.3) is 5.92 Å². The van der Waals surface area contributed by atoms with E-state index in [2.05, 4.69) is 25.5 Å². The number of carbonyl (C=O) groups excluding carboxylic acids is 2. The molecule has 34 heavy (non-hydrogen) atoms. The molecule has 0 radical (unpaired) electrons. The first-order chi connectivity index (χ1) is 16.2. The first kappa shape index (κ1) is 24.0. The van der Waals surface area contributed by atoms with Crippen molar-refractivity contribution < 1.29 is 18.4 Å². The molecule has 2 aliphatic rings. The second kappa shape index (κ2) is 10.0. The number of hydrogen-bond acceptors (Lipinski definition) is 7. The molecule has 2 saturated heterocycles. The highest BCUT2D eigenvalue weighted by molar-refractivity contribution is 6.04. The number of nitrogens with one attached hydrogen (secondary N) is 2. The molecule has 0 aromatic carbocycles. The van der Waals surface area contributed by atoms with E-state index in [9.17, 15) is 18.4 Å². The summed E-state index contributed by atoms with van der Waals surface area (Å²) in [4.78, 5) is 35.2. The number of carbonyl (C=O) groups is 2. The molecule has 3 unspecified atom stereocenters. The predicted octanol–water partition coefficient (Wildman–Crippen LogP) is 3.27. The number of hydrogen-bond donors (Lipinski definition) is 3. The number of pyridine rings is 2. The first-order valence-corrected chi connectivity index (χ1v) is 11.6. The third kappa shape index (κ3) is 5.32. The van der Waals surface area contributed by atoms with Gasteiger partial charge in [-0.1, -0.05) is 6.92 Å². The largest absolute Gasteiger partial charge is 0.371 e. The number of primary amides is 1. The number of nitrogens with two attached hydrogens (primary N) is 1. The van der Waals surface area contributed by atoms with Crippen LogP contribution in [0.1, 0.15) is 49.5 Å². The summed E-state index contributed by atoms with van der Waals surface area (Å²) in [7, 11) is 0. The Morgan fingerprint density at radius 3 is 2.74 bits per heavy atom. The fourth-order valence-electron chi connectivity index (χ4n) is 4.76. The molecule has 0 bridgehead atoms. The maximum Gasteiger partial charge on any atom is 0.270 e. The van der Waals surface area contributed by atoms with Crippen molar-refractivity contribution in [3.63, 3.8) is 0 Å². The molecule has 182 valence electrons. The van der Waals surface area contributed by atoms with Gasteiger partial charge >= 0.3 is 0 Å². The summed E-state index contributed by atoms with van der Waals surface area (Å²) in [6, 6.07) is 4.88. The lowest BCUT2D eigenvalue weighted by Crippen LogP contribution is -2.61. The van der Waals surface area contributed by atoms with Crippen molar-refractivity contribution in [2.45, 2.75) is 57.0 Å². The van der Waals surface area contributed by atoms with Gasteiger partial charge in [0, 0.05) is 56.1 Å². The number of aromatic nitrogens is 2. The molecule has 4 heterocycles. The zero-order valence-electron chi connectivity index (χ0n) is 19.1. The van der Waals surface area contributed by atoms with Gasteiger partial charge in [0.05, 0.1) is 5.69 Å². The Balaban J connectivity index is 1.56. The molecule has 2 aliphatic heterocycles. The number of ketones is 1. The van der Waals surface area contributed by atoms with Gasteiger partial charge < -0.3 is 16.0 Å². The number of piperidine rings is 1. The Labute approximate surface area is 197 Å². The summed E-state index contributed by atoms with van der Waals surface area (Å²) in [5.74, 6) is -4.49. The van der Waals surface area contributed by atoms with Crippen LogP contribution in [0.25, 0.3) is 0 Å². The summed E-state index contributed by atoms with van der Waals surface area (Å²) >= 11 is 0. The van der Waals surface area contributed by atoms with Gasteiger partial charge in [0.2, 0.25) is 11.7 Å². The molecule has 0 aliphatic carbocycles. The lowest BCUT2D eigenvalue weighted by Gasteiger charge is -2.40. The molecular formula is C24H30F2N6O2. The number of halogens is 2. The van der Waals surface area contributed by atoms with E-state index in [4.69, 9.17) is 5.73 Å². The van der Waals surface area contributed by atoms with E-state index in [-0.39, 0.29) is 18.5 Å². The van der Waals surface area contributed by atoms with Crippen LogP contribution >= 0.6 is 0 Å². The van der Waals surface area contributed by atoms with Crippen molar-refractivity contribution in [1.82, 2.24) is 15.3 Å². The molecule has 2 fully saturated rings. The smallest absolute Gasteiger partial charge is 0.270 e. The summed E-state index contributed by atoms with van der Waals surface area (Å²) < 4.78 is 29.9. The van der Waals surface area contributed by atoms with Crippen molar-refractivity contribution in [2.24, 2.45) is 11.7 Å². The van der Waals surface area contributed by atoms with Gasteiger partial charge in [-0.2, -0.15) is 0 Å². The third-order valence-electron chi connectivity index (χ3n) is 6.57. The van der Waals surface area contributed by atoms with E-state index >= 15 is 0 Å². The van der Waals surface area contributed by atoms with Crippen molar-refractivity contribution >= 4 is 28.9 Å². The van der Waals surface area contributed by atoms with Crippen LogP contribution in [0.15, 0.2) is 36.7 Å². The molecule has 3 atom stereocenters. The molecule has 2 aromatic rings. The second-order valence-electron chi connectivity index (χ2n) is 9.14. The summed E-state index contributed by atoms with van der Waals surface area (Å²) in [6.07, 6.45) is 5.23. The lowest BCUT2D eigenvalue weighted by atomic mass is 9.82. The van der Waals surface area contributed by atoms with E-state index in [1.54, 1.807) is 25.3 Å². The number of amides is 1.